The SMILES string of the molecule is CC(C)CNC(=O)[C@@H](C)N(CCc1ccccc1)C(=O)CSc1ccc(Cl)cc1. The smallest absolute Gasteiger partial charge is 0.242 e. The van der Waals surface area contributed by atoms with Gasteiger partial charge in [-0.25, -0.2) is 0 Å². The van der Waals surface area contributed by atoms with Gasteiger partial charge in [0.25, 0.3) is 0 Å². The van der Waals surface area contributed by atoms with Crippen molar-refractivity contribution in [3.8, 4) is 0 Å². The molecule has 4 nitrogen and oxygen atoms in total. The average molecular weight is 433 g/mol. The van der Waals surface area contributed by atoms with E-state index in [9.17, 15) is 9.59 Å². The van der Waals surface area contributed by atoms with Crippen molar-refractivity contribution in [2.24, 2.45) is 5.92 Å². The number of hydrogen-bond donors (Lipinski definition) is 1. The highest BCUT2D eigenvalue weighted by Gasteiger charge is 2.25. The van der Waals surface area contributed by atoms with Crippen molar-refractivity contribution in [3.05, 3.63) is 65.2 Å². The van der Waals surface area contributed by atoms with Gasteiger partial charge in [-0.05, 0) is 49.1 Å². The zero-order valence-electron chi connectivity index (χ0n) is 17.2. The topological polar surface area (TPSA) is 49.4 Å². The summed E-state index contributed by atoms with van der Waals surface area (Å²) in [6, 6.07) is 16.9. The first-order valence-corrected chi connectivity index (χ1v) is 11.2. The number of carbonyl (C=O) groups excluding carboxylic acids is 2. The molecule has 0 aliphatic heterocycles. The van der Waals surface area contributed by atoms with Crippen molar-refractivity contribution in [1.29, 1.82) is 0 Å². The van der Waals surface area contributed by atoms with Crippen molar-refractivity contribution in [1.82, 2.24) is 10.2 Å². The number of rotatable bonds is 10. The molecular weight excluding hydrogens is 404 g/mol. The largest absolute Gasteiger partial charge is 0.354 e. The summed E-state index contributed by atoms with van der Waals surface area (Å²) in [5, 5.41) is 3.61. The van der Waals surface area contributed by atoms with E-state index in [4.69, 9.17) is 11.6 Å². The van der Waals surface area contributed by atoms with Crippen molar-refractivity contribution in [2.45, 2.75) is 38.1 Å². The van der Waals surface area contributed by atoms with E-state index >= 15 is 0 Å². The first kappa shape index (κ1) is 23.3. The fraction of sp³-hybridized carbons (Fsp3) is 0.391. The van der Waals surface area contributed by atoms with Gasteiger partial charge >= 0.3 is 0 Å². The molecule has 1 atom stereocenters. The standard InChI is InChI=1S/C23H29ClN2O2S/c1-17(2)15-25-23(28)18(3)26(14-13-19-7-5-4-6-8-19)22(27)16-29-21-11-9-20(24)10-12-21/h4-12,17-18H,13-16H2,1-3H3,(H,25,28)/t18-/m1/s1. The van der Waals surface area contributed by atoms with Crippen LogP contribution < -0.4 is 5.32 Å². The van der Waals surface area contributed by atoms with Crippen LogP contribution in [-0.4, -0.2) is 41.6 Å². The zero-order chi connectivity index (χ0) is 21.2. The molecule has 2 aromatic carbocycles. The van der Waals surface area contributed by atoms with Gasteiger partial charge in [0, 0.05) is 23.0 Å². The molecule has 2 rings (SSSR count). The van der Waals surface area contributed by atoms with Gasteiger partial charge in [0.1, 0.15) is 6.04 Å². The fourth-order valence-corrected chi connectivity index (χ4v) is 3.69. The van der Waals surface area contributed by atoms with E-state index in [1.807, 2.05) is 68.4 Å². The summed E-state index contributed by atoms with van der Waals surface area (Å²) in [5.74, 6) is 0.475. The first-order valence-electron chi connectivity index (χ1n) is 9.86. The van der Waals surface area contributed by atoms with Crippen LogP contribution in [0.1, 0.15) is 26.3 Å². The number of halogens is 1. The summed E-state index contributed by atoms with van der Waals surface area (Å²) in [7, 11) is 0. The highest BCUT2D eigenvalue weighted by molar-refractivity contribution is 8.00. The highest BCUT2D eigenvalue weighted by atomic mass is 35.5. The van der Waals surface area contributed by atoms with Crippen molar-refractivity contribution >= 4 is 35.2 Å². The molecule has 0 aliphatic carbocycles. The minimum Gasteiger partial charge on any atom is -0.354 e. The molecular formula is C23H29ClN2O2S. The Labute approximate surface area is 183 Å². The molecule has 29 heavy (non-hydrogen) atoms. The van der Waals surface area contributed by atoms with Crippen molar-refractivity contribution in [2.75, 3.05) is 18.8 Å². The van der Waals surface area contributed by atoms with E-state index in [-0.39, 0.29) is 17.6 Å². The molecule has 2 amide bonds. The number of carbonyl (C=O) groups is 2. The van der Waals surface area contributed by atoms with Gasteiger partial charge in [-0.2, -0.15) is 0 Å². The summed E-state index contributed by atoms with van der Waals surface area (Å²) in [6.45, 7) is 6.99. The lowest BCUT2D eigenvalue weighted by Crippen LogP contribution is -2.50. The van der Waals surface area contributed by atoms with Gasteiger partial charge in [-0.3, -0.25) is 9.59 Å². The summed E-state index contributed by atoms with van der Waals surface area (Å²) >= 11 is 7.38. The van der Waals surface area contributed by atoms with Gasteiger partial charge in [-0.1, -0.05) is 55.8 Å². The molecule has 0 radical (unpaired) electrons. The Kier molecular flexibility index (Phi) is 9.55. The fourth-order valence-electron chi connectivity index (χ4n) is 2.78. The molecule has 0 aromatic heterocycles. The number of thioether (sulfide) groups is 1. The van der Waals surface area contributed by atoms with E-state index in [0.717, 1.165) is 10.5 Å². The molecule has 1 N–H and O–H groups in total. The minimum absolute atomic E-state index is 0.0481. The molecule has 0 bridgehead atoms. The number of benzene rings is 2. The monoisotopic (exact) mass is 432 g/mol. The molecule has 156 valence electrons. The third-order valence-electron chi connectivity index (χ3n) is 4.51. The first-order chi connectivity index (χ1) is 13.9. The summed E-state index contributed by atoms with van der Waals surface area (Å²) in [6.07, 6.45) is 0.708. The van der Waals surface area contributed by atoms with Gasteiger partial charge in [0.15, 0.2) is 0 Å². The molecule has 0 fully saturated rings. The molecule has 0 saturated heterocycles. The van der Waals surface area contributed by atoms with Crippen LogP contribution in [0.25, 0.3) is 0 Å². The van der Waals surface area contributed by atoms with E-state index in [0.29, 0.717) is 30.5 Å². The maximum absolute atomic E-state index is 13.0. The average Bonchev–Trinajstić information content (AvgIpc) is 2.72. The number of nitrogens with one attached hydrogen (secondary N) is 1. The van der Waals surface area contributed by atoms with E-state index in [1.54, 1.807) is 11.8 Å². The summed E-state index contributed by atoms with van der Waals surface area (Å²) in [5.41, 5.74) is 1.14. The molecule has 0 unspecified atom stereocenters. The molecule has 6 heteroatoms. The highest BCUT2D eigenvalue weighted by Crippen LogP contribution is 2.21. The van der Waals surface area contributed by atoms with Crippen LogP contribution in [0, 0.1) is 5.92 Å². The Balaban J connectivity index is 2.03. The molecule has 2 aromatic rings. The van der Waals surface area contributed by atoms with Crippen LogP contribution in [-0.2, 0) is 16.0 Å². The zero-order valence-corrected chi connectivity index (χ0v) is 18.8. The second-order valence-corrected chi connectivity index (χ2v) is 8.87. The summed E-state index contributed by atoms with van der Waals surface area (Å²) < 4.78 is 0. The van der Waals surface area contributed by atoms with E-state index < -0.39 is 6.04 Å². The molecule has 0 spiro atoms. The normalized spacial score (nSPS) is 11.9. The Hall–Kier alpha value is -1.98. The quantitative estimate of drug-likeness (QED) is 0.555. The van der Waals surface area contributed by atoms with Crippen molar-refractivity contribution < 1.29 is 9.59 Å². The maximum atomic E-state index is 13.0. The Bertz CT molecular complexity index is 781. The molecule has 0 aliphatic rings. The number of nitrogens with zero attached hydrogens (tertiary/aromatic N) is 1. The van der Waals surface area contributed by atoms with Gasteiger partial charge in [0.2, 0.25) is 11.8 Å². The lowest BCUT2D eigenvalue weighted by molar-refractivity contribution is -0.138. The van der Waals surface area contributed by atoms with Crippen LogP contribution in [0.15, 0.2) is 59.5 Å². The third kappa shape index (κ3) is 8.11. The lowest BCUT2D eigenvalue weighted by atomic mass is 10.1. The van der Waals surface area contributed by atoms with E-state index in [1.165, 1.54) is 11.8 Å². The van der Waals surface area contributed by atoms with Gasteiger partial charge in [-0.15, -0.1) is 11.8 Å². The maximum Gasteiger partial charge on any atom is 0.242 e. The Morgan fingerprint density at radius 3 is 2.31 bits per heavy atom. The minimum atomic E-state index is -0.518. The molecule has 0 heterocycles. The van der Waals surface area contributed by atoms with Crippen LogP contribution >= 0.6 is 23.4 Å². The van der Waals surface area contributed by atoms with Crippen LogP contribution in [0.2, 0.25) is 5.02 Å². The molecule has 0 saturated carbocycles. The van der Waals surface area contributed by atoms with Crippen LogP contribution in [0.4, 0.5) is 0 Å². The second kappa shape index (κ2) is 11.9. The number of amides is 2. The summed E-state index contributed by atoms with van der Waals surface area (Å²) in [4.78, 5) is 28.2. The predicted octanol–water partition coefficient (Wildman–Crippen LogP) is 4.66. The van der Waals surface area contributed by atoms with E-state index in [2.05, 4.69) is 5.32 Å². The second-order valence-electron chi connectivity index (χ2n) is 7.38. The van der Waals surface area contributed by atoms with Crippen molar-refractivity contribution in [3.63, 3.8) is 0 Å². The number of hydrogen-bond acceptors (Lipinski definition) is 3. The lowest BCUT2D eigenvalue weighted by Gasteiger charge is -2.29. The van der Waals surface area contributed by atoms with Gasteiger partial charge < -0.3 is 10.2 Å². The Morgan fingerprint density at radius 1 is 1.03 bits per heavy atom. The van der Waals surface area contributed by atoms with Crippen LogP contribution in [0.3, 0.4) is 0 Å². The predicted molar refractivity (Wildman–Crippen MR) is 121 cm³/mol. The third-order valence-corrected chi connectivity index (χ3v) is 5.76. The van der Waals surface area contributed by atoms with Gasteiger partial charge in [0.05, 0.1) is 5.75 Å². The Morgan fingerprint density at radius 2 is 1.69 bits per heavy atom. The van der Waals surface area contributed by atoms with Crippen LogP contribution in [0.5, 0.6) is 0 Å².